The van der Waals surface area contributed by atoms with E-state index in [0.717, 1.165) is 44.4 Å². The highest BCUT2D eigenvalue weighted by molar-refractivity contribution is 5.86. The summed E-state index contributed by atoms with van der Waals surface area (Å²) in [6, 6.07) is 0. The molecular weight excluding hydrogens is 656 g/mol. The molecule has 8 nitrogen and oxygen atoms in total. The highest BCUT2D eigenvalue weighted by atomic mass is 16.6. The Hall–Kier alpha value is -2.03. The van der Waals surface area contributed by atoms with Crippen LogP contribution in [0.2, 0.25) is 0 Å². The van der Waals surface area contributed by atoms with Crippen molar-refractivity contribution in [3.8, 4) is 0 Å². The fourth-order valence-corrected chi connectivity index (χ4v) is 6.96. The van der Waals surface area contributed by atoms with Gasteiger partial charge in [-0.3, -0.25) is 14.4 Å². The van der Waals surface area contributed by atoms with Crippen LogP contribution in [0, 0.1) is 17.8 Å². The second kappa shape index (κ2) is 32.4. The van der Waals surface area contributed by atoms with Gasteiger partial charge in [-0.1, -0.05) is 161 Å². The van der Waals surface area contributed by atoms with E-state index >= 15 is 0 Å². The van der Waals surface area contributed by atoms with Gasteiger partial charge in [-0.15, -0.1) is 0 Å². The van der Waals surface area contributed by atoms with Gasteiger partial charge in [-0.25, -0.2) is 0 Å². The summed E-state index contributed by atoms with van der Waals surface area (Å²) in [6.07, 6.45) is 31.7. The molecule has 302 valence electrons. The molecular formula is C44H78O8. The quantitative estimate of drug-likeness (QED) is 0.0338. The molecule has 1 aliphatic carbocycles. The molecule has 0 amide bonds. The molecule has 0 aliphatic heterocycles. The minimum Gasteiger partial charge on any atom is -0.462 e. The molecule has 0 bridgehead atoms. The van der Waals surface area contributed by atoms with Crippen molar-refractivity contribution in [2.75, 3.05) is 13.2 Å². The highest BCUT2D eigenvalue weighted by Gasteiger charge is 2.39. The van der Waals surface area contributed by atoms with Gasteiger partial charge >= 0.3 is 11.9 Å². The number of aliphatic hydroxyl groups is 3. The molecule has 0 spiro atoms. The second-order valence-corrected chi connectivity index (χ2v) is 15.7. The lowest BCUT2D eigenvalue weighted by molar-refractivity contribution is -0.161. The van der Waals surface area contributed by atoms with Crippen LogP contribution in [-0.2, 0) is 23.9 Å². The van der Waals surface area contributed by atoms with E-state index in [1.165, 1.54) is 83.5 Å². The second-order valence-electron chi connectivity index (χ2n) is 15.7. The zero-order valence-corrected chi connectivity index (χ0v) is 33.5. The zero-order valence-electron chi connectivity index (χ0n) is 33.5. The summed E-state index contributed by atoms with van der Waals surface area (Å²) < 4.78 is 10.6. The van der Waals surface area contributed by atoms with Crippen LogP contribution < -0.4 is 0 Å². The van der Waals surface area contributed by atoms with Gasteiger partial charge in [0.25, 0.3) is 0 Å². The monoisotopic (exact) mass is 735 g/mol. The fourth-order valence-electron chi connectivity index (χ4n) is 6.96. The Morgan fingerprint density at radius 3 is 1.90 bits per heavy atom. The summed E-state index contributed by atoms with van der Waals surface area (Å²) in [6.45, 7) is 6.17. The SMILES string of the molecule is CCCCC[C@H](O)/C=C/[C@H]1C(=O)C[C@H](O)[C@@H]1C/C=C\CCCC(=O)O[C@@H](CO)COC(=O)CCCCCCCCCCCCCCCCCC(C)C. The van der Waals surface area contributed by atoms with Crippen LogP contribution in [-0.4, -0.2) is 64.6 Å². The van der Waals surface area contributed by atoms with E-state index in [9.17, 15) is 29.7 Å². The van der Waals surface area contributed by atoms with Crippen molar-refractivity contribution in [1.82, 2.24) is 0 Å². The van der Waals surface area contributed by atoms with E-state index in [1.807, 2.05) is 12.2 Å². The van der Waals surface area contributed by atoms with E-state index < -0.39 is 36.8 Å². The van der Waals surface area contributed by atoms with Crippen molar-refractivity contribution >= 4 is 17.7 Å². The molecule has 1 fully saturated rings. The summed E-state index contributed by atoms with van der Waals surface area (Å²) in [5.74, 6) is -0.563. The Morgan fingerprint density at radius 1 is 0.769 bits per heavy atom. The van der Waals surface area contributed by atoms with E-state index in [0.29, 0.717) is 32.1 Å². The number of unbranched alkanes of at least 4 members (excludes halogenated alkanes) is 17. The number of carbonyl (C=O) groups excluding carboxylic acids is 3. The first-order chi connectivity index (χ1) is 25.2. The first kappa shape index (κ1) is 48.0. The summed E-state index contributed by atoms with van der Waals surface area (Å²) in [5, 5.41) is 30.2. The van der Waals surface area contributed by atoms with Gasteiger partial charge in [-0.2, -0.15) is 0 Å². The van der Waals surface area contributed by atoms with Crippen LogP contribution in [0.1, 0.15) is 188 Å². The number of ether oxygens (including phenoxy) is 2. The smallest absolute Gasteiger partial charge is 0.306 e. The molecule has 0 heterocycles. The average Bonchev–Trinajstić information content (AvgIpc) is 3.39. The minimum atomic E-state index is -0.872. The van der Waals surface area contributed by atoms with E-state index in [4.69, 9.17) is 9.47 Å². The average molecular weight is 735 g/mol. The topological polar surface area (TPSA) is 130 Å². The van der Waals surface area contributed by atoms with Crippen LogP contribution in [0.4, 0.5) is 0 Å². The normalized spacial score (nSPS) is 18.9. The van der Waals surface area contributed by atoms with Gasteiger partial charge < -0.3 is 24.8 Å². The molecule has 0 aromatic rings. The molecule has 1 rings (SSSR count). The molecule has 52 heavy (non-hydrogen) atoms. The van der Waals surface area contributed by atoms with Gasteiger partial charge in [-0.05, 0) is 38.0 Å². The third-order valence-corrected chi connectivity index (χ3v) is 10.3. The van der Waals surface area contributed by atoms with Gasteiger partial charge in [0.05, 0.1) is 18.8 Å². The van der Waals surface area contributed by atoms with Crippen LogP contribution in [0.25, 0.3) is 0 Å². The predicted molar refractivity (Wildman–Crippen MR) is 211 cm³/mol. The number of hydrogen-bond donors (Lipinski definition) is 3. The molecule has 1 saturated carbocycles. The van der Waals surface area contributed by atoms with Gasteiger partial charge in [0.15, 0.2) is 6.10 Å². The third kappa shape index (κ3) is 25.9. The Kier molecular flexibility index (Phi) is 29.9. The van der Waals surface area contributed by atoms with Crippen molar-refractivity contribution in [3.05, 3.63) is 24.3 Å². The van der Waals surface area contributed by atoms with Crippen molar-refractivity contribution in [2.24, 2.45) is 17.8 Å². The highest BCUT2D eigenvalue weighted by Crippen LogP contribution is 2.33. The minimum absolute atomic E-state index is 0.0000265. The number of ketones is 1. The van der Waals surface area contributed by atoms with Crippen molar-refractivity contribution < 1.29 is 39.2 Å². The standard InChI is InChI=1S/C44H78O8/c1-4-5-21-27-37(46)31-32-40-39(41(47)33-42(40)48)28-23-19-20-25-30-44(50)52-38(34-45)35-51-43(49)29-24-18-16-14-12-10-8-6-7-9-11-13-15-17-22-26-36(2)3/h19,23,31-32,36-41,45-47H,4-18,20-22,24-30,33-35H2,1-3H3/b23-19-,32-31+/t37-,38-,39+,40+,41-/m0/s1. The lowest BCUT2D eigenvalue weighted by Crippen LogP contribution is -2.28. The Labute approximate surface area is 317 Å². The first-order valence-electron chi connectivity index (χ1n) is 21.4. The van der Waals surface area contributed by atoms with Crippen LogP contribution >= 0.6 is 0 Å². The molecule has 0 unspecified atom stereocenters. The number of hydrogen-bond acceptors (Lipinski definition) is 8. The summed E-state index contributed by atoms with van der Waals surface area (Å²) >= 11 is 0. The molecule has 5 atom stereocenters. The molecule has 0 saturated heterocycles. The zero-order chi connectivity index (χ0) is 38.2. The number of rotatable bonds is 34. The Bertz CT molecular complexity index is 960. The van der Waals surface area contributed by atoms with E-state index in [1.54, 1.807) is 12.2 Å². The Morgan fingerprint density at radius 2 is 1.33 bits per heavy atom. The third-order valence-electron chi connectivity index (χ3n) is 10.3. The van der Waals surface area contributed by atoms with Crippen LogP contribution in [0.3, 0.4) is 0 Å². The lowest BCUT2D eigenvalue weighted by Gasteiger charge is -2.17. The van der Waals surface area contributed by atoms with Crippen molar-refractivity contribution in [2.45, 2.75) is 206 Å². The molecule has 0 aromatic carbocycles. The summed E-state index contributed by atoms with van der Waals surface area (Å²) in [4.78, 5) is 36.9. The number of carbonyl (C=O) groups is 3. The fraction of sp³-hybridized carbons (Fsp3) is 0.841. The van der Waals surface area contributed by atoms with Gasteiger partial charge in [0.2, 0.25) is 0 Å². The number of allylic oxidation sites excluding steroid dienone is 3. The largest absolute Gasteiger partial charge is 0.462 e. The molecule has 0 radical (unpaired) electrons. The maximum Gasteiger partial charge on any atom is 0.306 e. The molecule has 0 aromatic heterocycles. The van der Waals surface area contributed by atoms with Crippen LogP contribution in [0.5, 0.6) is 0 Å². The molecule has 3 N–H and O–H groups in total. The summed E-state index contributed by atoms with van der Waals surface area (Å²) in [7, 11) is 0. The Balaban J connectivity index is 2.07. The number of Topliss-reactive ketones (excluding diaryl/α,β-unsaturated/α-hetero) is 1. The van der Waals surface area contributed by atoms with Gasteiger partial charge in [0.1, 0.15) is 12.4 Å². The maximum atomic E-state index is 12.4. The summed E-state index contributed by atoms with van der Waals surface area (Å²) in [5.41, 5.74) is 0. The van der Waals surface area contributed by atoms with E-state index in [-0.39, 0.29) is 37.1 Å². The van der Waals surface area contributed by atoms with Gasteiger partial charge in [0, 0.05) is 31.1 Å². The number of esters is 2. The van der Waals surface area contributed by atoms with E-state index in [2.05, 4.69) is 20.8 Å². The van der Waals surface area contributed by atoms with Crippen molar-refractivity contribution in [3.63, 3.8) is 0 Å². The first-order valence-corrected chi connectivity index (χ1v) is 21.4. The maximum absolute atomic E-state index is 12.4. The van der Waals surface area contributed by atoms with Crippen molar-refractivity contribution in [1.29, 1.82) is 0 Å². The lowest BCUT2D eigenvalue weighted by atomic mass is 9.90. The predicted octanol–water partition coefficient (Wildman–Crippen LogP) is 9.90. The number of aliphatic hydroxyl groups excluding tert-OH is 3. The molecule has 8 heteroatoms. The molecule has 1 aliphatic rings. The van der Waals surface area contributed by atoms with Crippen LogP contribution in [0.15, 0.2) is 24.3 Å².